The second-order valence-electron chi connectivity index (χ2n) is 6.53. The molecule has 0 aliphatic rings. The van der Waals surface area contributed by atoms with E-state index in [1.165, 1.54) is 5.56 Å². The van der Waals surface area contributed by atoms with Gasteiger partial charge in [0.05, 0.1) is 11.0 Å². The van der Waals surface area contributed by atoms with E-state index in [-0.39, 0.29) is 0 Å². The molecular weight excluding hydrogens is 330 g/mol. The highest BCUT2D eigenvalue weighted by molar-refractivity contribution is 5.93. The predicted molar refractivity (Wildman–Crippen MR) is 102 cm³/mol. The summed E-state index contributed by atoms with van der Waals surface area (Å²) in [6, 6.07) is 13.1. The first kappa shape index (κ1) is 17.9. The molecule has 3 N–H and O–H groups in total. The standard InChI is InChI=1S/C19H23N5O2/c1-13-4-9-17-16(12-13)21-19(24(17)11-10-23(2)3)20-15-7-5-14(6-8-15)18(25)22-26/h4-9,12,26H,10-11H2,1-3H3,(H,20,21)(H,22,25). The zero-order chi connectivity index (χ0) is 18.7. The SMILES string of the molecule is Cc1ccc2c(c1)nc(Nc1ccc(C(=O)NO)cc1)n2CCN(C)C. The molecule has 7 heteroatoms. The second kappa shape index (κ2) is 7.55. The summed E-state index contributed by atoms with van der Waals surface area (Å²) in [5, 5.41) is 12.0. The molecule has 3 rings (SSSR count). The summed E-state index contributed by atoms with van der Waals surface area (Å²) in [4.78, 5) is 18.3. The van der Waals surface area contributed by atoms with Crippen LogP contribution in [0.4, 0.5) is 11.6 Å². The number of rotatable bonds is 6. The van der Waals surface area contributed by atoms with Crippen molar-refractivity contribution in [3.05, 3.63) is 53.6 Å². The molecule has 0 fully saturated rings. The Morgan fingerprint density at radius 2 is 1.92 bits per heavy atom. The monoisotopic (exact) mass is 353 g/mol. The van der Waals surface area contributed by atoms with Crippen LogP contribution in [0, 0.1) is 6.92 Å². The van der Waals surface area contributed by atoms with Gasteiger partial charge in [-0.15, -0.1) is 0 Å². The van der Waals surface area contributed by atoms with Crippen LogP contribution in [0.3, 0.4) is 0 Å². The number of nitrogens with one attached hydrogen (secondary N) is 2. The van der Waals surface area contributed by atoms with Gasteiger partial charge >= 0.3 is 0 Å². The normalized spacial score (nSPS) is 11.1. The van der Waals surface area contributed by atoms with Gasteiger partial charge in [-0.3, -0.25) is 10.0 Å². The van der Waals surface area contributed by atoms with Gasteiger partial charge in [0.1, 0.15) is 0 Å². The molecule has 1 amide bonds. The number of benzene rings is 2. The lowest BCUT2D eigenvalue weighted by Gasteiger charge is -2.14. The van der Waals surface area contributed by atoms with Gasteiger partial charge in [-0.05, 0) is 63.0 Å². The van der Waals surface area contributed by atoms with Crippen molar-refractivity contribution in [2.24, 2.45) is 0 Å². The molecule has 26 heavy (non-hydrogen) atoms. The Morgan fingerprint density at radius 3 is 2.58 bits per heavy atom. The lowest BCUT2D eigenvalue weighted by molar-refractivity contribution is 0.0706. The molecule has 0 saturated heterocycles. The number of hydroxylamine groups is 1. The number of likely N-dealkylation sites (N-methyl/N-ethyl adjacent to an activating group) is 1. The molecule has 0 atom stereocenters. The van der Waals surface area contributed by atoms with Gasteiger partial charge in [-0.2, -0.15) is 0 Å². The predicted octanol–water partition coefficient (Wildman–Crippen LogP) is 2.77. The first-order valence-corrected chi connectivity index (χ1v) is 8.41. The molecule has 0 radical (unpaired) electrons. The molecule has 136 valence electrons. The number of nitrogens with zero attached hydrogens (tertiary/aromatic N) is 3. The van der Waals surface area contributed by atoms with Crippen molar-refractivity contribution >= 4 is 28.6 Å². The fraction of sp³-hybridized carbons (Fsp3) is 0.263. The molecule has 0 aliphatic heterocycles. The summed E-state index contributed by atoms with van der Waals surface area (Å²) in [5.41, 5.74) is 6.02. The Labute approximate surface area is 152 Å². The first-order valence-electron chi connectivity index (χ1n) is 8.41. The van der Waals surface area contributed by atoms with Gasteiger partial charge < -0.3 is 14.8 Å². The summed E-state index contributed by atoms with van der Waals surface area (Å²) >= 11 is 0. The third-order valence-electron chi connectivity index (χ3n) is 4.18. The van der Waals surface area contributed by atoms with E-state index in [1.807, 2.05) is 14.1 Å². The smallest absolute Gasteiger partial charge is 0.274 e. The number of aromatic nitrogens is 2. The fourth-order valence-corrected chi connectivity index (χ4v) is 2.76. The quantitative estimate of drug-likeness (QED) is 0.469. The van der Waals surface area contributed by atoms with Crippen molar-refractivity contribution in [3.8, 4) is 0 Å². The summed E-state index contributed by atoms with van der Waals surface area (Å²) in [7, 11) is 4.09. The Bertz CT molecular complexity index is 916. The summed E-state index contributed by atoms with van der Waals surface area (Å²) in [6.45, 7) is 3.75. The van der Waals surface area contributed by atoms with Crippen LogP contribution >= 0.6 is 0 Å². The van der Waals surface area contributed by atoms with Crippen molar-refractivity contribution in [1.29, 1.82) is 0 Å². The van der Waals surface area contributed by atoms with E-state index in [0.29, 0.717) is 5.56 Å². The Morgan fingerprint density at radius 1 is 1.19 bits per heavy atom. The maximum Gasteiger partial charge on any atom is 0.274 e. The highest BCUT2D eigenvalue weighted by atomic mass is 16.5. The van der Waals surface area contributed by atoms with Gasteiger partial charge in [0.25, 0.3) is 5.91 Å². The number of amides is 1. The van der Waals surface area contributed by atoms with Crippen molar-refractivity contribution in [2.75, 3.05) is 26.0 Å². The molecular formula is C19H23N5O2. The average molecular weight is 353 g/mol. The number of imidazole rings is 1. The van der Waals surface area contributed by atoms with Gasteiger partial charge in [0.2, 0.25) is 5.95 Å². The molecule has 7 nitrogen and oxygen atoms in total. The van der Waals surface area contributed by atoms with Crippen LogP contribution in [0.5, 0.6) is 0 Å². The van der Waals surface area contributed by atoms with E-state index in [0.717, 1.165) is 35.8 Å². The average Bonchev–Trinajstić information content (AvgIpc) is 2.95. The molecule has 2 aromatic carbocycles. The summed E-state index contributed by atoms with van der Waals surface area (Å²) in [6.07, 6.45) is 0. The van der Waals surface area contributed by atoms with E-state index in [4.69, 9.17) is 10.2 Å². The topological polar surface area (TPSA) is 82.4 Å². The lowest BCUT2D eigenvalue weighted by atomic mass is 10.2. The third kappa shape index (κ3) is 3.84. The number of carbonyl (C=O) groups excluding carboxylic acids is 1. The Hall–Kier alpha value is -2.90. The number of fused-ring (bicyclic) bond motifs is 1. The van der Waals surface area contributed by atoms with Crippen LogP contribution < -0.4 is 10.8 Å². The van der Waals surface area contributed by atoms with Gasteiger partial charge in [-0.25, -0.2) is 10.5 Å². The maximum absolute atomic E-state index is 11.4. The molecule has 0 spiro atoms. The Kier molecular flexibility index (Phi) is 5.20. The van der Waals surface area contributed by atoms with E-state index >= 15 is 0 Å². The zero-order valence-corrected chi connectivity index (χ0v) is 15.2. The molecule has 0 bridgehead atoms. The van der Waals surface area contributed by atoms with E-state index in [1.54, 1.807) is 29.7 Å². The van der Waals surface area contributed by atoms with Crippen molar-refractivity contribution in [2.45, 2.75) is 13.5 Å². The van der Waals surface area contributed by atoms with Gasteiger partial charge in [0, 0.05) is 24.3 Å². The minimum Gasteiger partial charge on any atom is -0.326 e. The summed E-state index contributed by atoms with van der Waals surface area (Å²) in [5.74, 6) is 0.219. The van der Waals surface area contributed by atoms with E-state index in [9.17, 15) is 4.79 Å². The number of anilines is 2. The Balaban J connectivity index is 1.92. The van der Waals surface area contributed by atoms with Crippen LogP contribution in [-0.4, -0.2) is 46.2 Å². The van der Waals surface area contributed by atoms with Crippen LogP contribution in [0.1, 0.15) is 15.9 Å². The van der Waals surface area contributed by atoms with Crippen LogP contribution in [0.2, 0.25) is 0 Å². The summed E-state index contributed by atoms with van der Waals surface area (Å²) < 4.78 is 2.16. The molecule has 0 aliphatic carbocycles. The van der Waals surface area contributed by atoms with Crippen molar-refractivity contribution in [1.82, 2.24) is 19.9 Å². The number of carbonyl (C=O) groups is 1. The van der Waals surface area contributed by atoms with Crippen LogP contribution in [0.15, 0.2) is 42.5 Å². The second-order valence-corrected chi connectivity index (χ2v) is 6.53. The highest BCUT2D eigenvalue weighted by Crippen LogP contribution is 2.24. The van der Waals surface area contributed by atoms with Gasteiger partial charge in [-0.1, -0.05) is 6.07 Å². The maximum atomic E-state index is 11.4. The fourth-order valence-electron chi connectivity index (χ4n) is 2.76. The van der Waals surface area contributed by atoms with Gasteiger partial charge in [0.15, 0.2) is 0 Å². The van der Waals surface area contributed by atoms with E-state index in [2.05, 4.69) is 39.9 Å². The van der Waals surface area contributed by atoms with E-state index < -0.39 is 5.91 Å². The largest absolute Gasteiger partial charge is 0.326 e. The first-order chi connectivity index (χ1) is 12.5. The number of aryl methyl sites for hydroxylation is 1. The zero-order valence-electron chi connectivity index (χ0n) is 15.2. The molecule has 1 heterocycles. The van der Waals surface area contributed by atoms with Crippen LogP contribution in [0.25, 0.3) is 11.0 Å². The molecule has 0 saturated carbocycles. The minimum atomic E-state index is -0.537. The molecule has 3 aromatic rings. The number of hydrogen-bond donors (Lipinski definition) is 3. The van der Waals surface area contributed by atoms with Crippen LogP contribution in [-0.2, 0) is 6.54 Å². The molecule has 0 unspecified atom stereocenters. The van der Waals surface area contributed by atoms with Crippen molar-refractivity contribution in [3.63, 3.8) is 0 Å². The number of hydrogen-bond acceptors (Lipinski definition) is 5. The third-order valence-corrected chi connectivity index (χ3v) is 4.18. The van der Waals surface area contributed by atoms with Crippen molar-refractivity contribution < 1.29 is 10.0 Å². The molecule has 1 aromatic heterocycles. The minimum absolute atomic E-state index is 0.384. The lowest BCUT2D eigenvalue weighted by Crippen LogP contribution is -2.19. The highest BCUT2D eigenvalue weighted by Gasteiger charge is 2.12.